The zero-order valence-electron chi connectivity index (χ0n) is 15.7. The predicted molar refractivity (Wildman–Crippen MR) is 103 cm³/mol. The first-order valence-electron chi connectivity index (χ1n) is 9.75. The van der Waals surface area contributed by atoms with Crippen molar-refractivity contribution in [2.75, 3.05) is 13.1 Å². The summed E-state index contributed by atoms with van der Waals surface area (Å²) in [6.45, 7) is 1.46. The minimum Gasteiger partial charge on any atom is -0.352 e. The molecular weight excluding hydrogens is 357 g/mol. The van der Waals surface area contributed by atoms with Gasteiger partial charge in [-0.05, 0) is 42.2 Å². The third kappa shape index (κ3) is 3.63. The van der Waals surface area contributed by atoms with E-state index in [1.165, 1.54) is 6.07 Å². The maximum atomic E-state index is 13.9. The minimum atomic E-state index is -0.361. The van der Waals surface area contributed by atoms with Crippen LogP contribution in [-0.4, -0.2) is 34.8 Å². The second-order valence-electron chi connectivity index (χ2n) is 7.88. The number of likely N-dealkylation sites (tertiary alicyclic amines) is 1. The van der Waals surface area contributed by atoms with Crippen LogP contribution in [0.5, 0.6) is 0 Å². The van der Waals surface area contributed by atoms with Crippen molar-refractivity contribution in [3.05, 3.63) is 65.7 Å². The molecule has 28 heavy (non-hydrogen) atoms. The molecule has 1 aromatic heterocycles. The van der Waals surface area contributed by atoms with Crippen molar-refractivity contribution >= 4 is 11.8 Å². The molecule has 1 aromatic carbocycles. The van der Waals surface area contributed by atoms with Crippen molar-refractivity contribution in [1.82, 2.24) is 15.2 Å². The lowest BCUT2D eigenvalue weighted by Gasteiger charge is -2.41. The molecule has 1 saturated heterocycles. The molecule has 146 valence electrons. The number of rotatable bonds is 5. The average molecular weight is 381 g/mol. The Kier molecular flexibility index (Phi) is 5.11. The van der Waals surface area contributed by atoms with Gasteiger partial charge in [0.25, 0.3) is 0 Å². The van der Waals surface area contributed by atoms with Crippen LogP contribution in [0.4, 0.5) is 4.39 Å². The van der Waals surface area contributed by atoms with Gasteiger partial charge in [0.2, 0.25) is 11.8 Å². The molecule has 6 heteroatoms. The Hall–Kier alpha value is -2.76. The first-order valence-corrected chi connectivity index (χ1v) is 9.75. The van der Waals surface area contributed by atoms with Gasteiger partial charge in [0.15, 0.2) is 0 Å². The smallest absolute Gasteiger partial charge is 0.227 e. The maximum absolute atomic E-state index is 13.9. The van der Waals surface area contributed by atoms with Crippen molar-refractivity contribution in [1.29, 1.82) is 0 Å². The van der Waals surface area contributed by atoms with Gasteiger partial charge in [-0.15, -0.1) is 0 Å². The van der Waals surface area contributed by atoms with Crippen molar-refractivity contribution in [2.45, 2.75) is 32.2 Å². The Morgan fingerprint density at radius 1 is 1.18 bits per heavy atom. The maximum Gasteiger partial charge on any atom is 0.227 e. The van der Waals surface area contributed by atoms with E-state index in [2.05, 4.69) is 10.3 Å². The van der Waals surface area contributed by atoms with E-state index in [4.69, 9.17) is 0 Å². The molecule has 1 aliphatic heterocycles. The summed E-state index contributed by atoms with van der Waals surface area (Å²) in [5.41, 5.74) is 1.28. The zero-order chi connectivity index (χ0) is 19.6. The molecule has 1 atom stereocenters. The lowest BCUT2D eigenvalue weighted by Crippen LogP contribution is -2.45. The number of halogens is 1. The molecule has 5 nitrogen and oxygen atoms in total. The van der Waals surface area contributed by atoms with Crippen LogP contribution in [0.1, 0.15) is 30.4 Å². The summed E-state index contributed by atoms with van der Waals surface area (Å²) in [5, 5.41) is 3.02. The Bertz CT molecular complexity index is 867. The number of hydrogen-bond donors (Lipinski definition) is 1. The summed E-state index contributed by atoms with van der Waals surface area (Å²) < 4.78 is 13.9. The number of pyridine rings is 1. The van der Waals surface area contributed by atoms with Crippen LogP contribution in [0.3, 0.4) is 0 Å². The molecule has 1 spiro atoms. The largest absolute Gasteiger partial charge is 0.352 e. The summed E-state index contributed by atoms with van der Waals surface area (Å²) in [6.07, 6.45) is 6.45. The third-order valence-electron chi connectivity index (χ3n) is 6.18. The number of nitrogens with zero attached hydrogens (tertiary/aromatic N) is 2. The molecule has 1 N–H and O–H groups in total. The first-order chi connectivity index (χ1) is 13.6. The molecule has 0 bridgehead atoms. The van der Waals surface area contributed by atoms with Crippen molar-refractivity contribution in [3.63, 3.8) is 0 Å². The van der Waals surface area contributed by atoms with Crippen LogP contribution in [0.25, 0.3) is 0 Å². The molecule has 1 unspecified atom stereocenters. The number of carbonyl (C=O) groups excluding carboxylic acids is 2. The Labute approximate surface area is 164 Å². The number of benzene rings is 1. The van der Waals surface area contributed by atoms with Gasteiger partial charge in [-0.1, -0.05) is 24.6 Å². The SMILES string of the molecule is O=C(NCc1ccncc1)C1CN(C(=O)Cc2ccccc2F)CC12CCC2. The van der Waals surface area contributed by atoms with E-state index in [0.717, 1.165) is 24.8 Å². The van der Waals surface area contributed by atoms with Crippen LogP contribution in [-0.2, 0) is 22.6 Å². The van der Waals surface area contributed by atoms with Gasteiger partial charge in [0.05, 0.1) is 12.3 Å². The third-order valence-corrected chi connectivity index (χ3v) is 6.18. The minimum absolute atomic E-state index is 0.00213. The normalized spacial score (nSPS) is 20.0. The second-order valence-corrected chi connectivity index (χ2v) is 7.88. The standard InChI is InChI=1S/C22H24FN3O2/c23-19-5-2-1-4-17(19)12-20(27)26-14-18(22(15-26)8-3-9-22)21(28)25-13-16-6-10-24-11-7-16/h1-2,4-7,10-11,18H,3,8-9,12-15H2,(H,25,28). The van der Waals surface area contributed by atoms with Crippen molar-refractivity contribution < 1.29 is 14.0 Å². The fraction of sp³-hybridized carbons (Fsp3) is 0.409. The second kappa shape index (κ2) is 7.70. The molecule has 2 heterocycles. The van der Waals surface area contributed by atoms with Gasteiger partial charge in [-0.25, -0.2) is 4.39 Å². The molecular formula is C22H24FN3O2. The van der Waals surface area contributed by atoms with Gasteiger partial charge in [-0.2, -0.15) is 0 Å². The number of nitrogens with one attached hydrogen (secondary N) is 1. The van der Waals surface area contributed by atoms with Crippen LogP contribution >= 0.6 is 0 Å². The zero-order valence-corrected chi connectivity index (χ0v) is 15.7. The van der Waals surface area contributed by atoms with Crippen molar-refractivity contribution in [2.24, 2.45) is 11.3 Å². The Morgan fingerprint density at radius 3 is 2.61 bits per heavy atom. The number of hydrogen-bond acceptors (Lipinski definition) is 3. The van der Waals surface area contributed by atoms with Crippen LogP contribution in [0, 0.1) is 17.2 Å². The molecule has 2 aliphatic rings. The highest BCUT2D eigenvalue weighted by atomic mass is 19.1. The highest BCUT2D eigenvalue weighted by molar-refractivity contribution is 5.84. The highest BCUT2D eigenvalue weighted by Crippen LogP contribution is 2.51. The Morgan fingerprint density at radius 2 is 1.93 bits per heavy atom. The van der Waals surface area contributed by atoms with E-state index in [1.807, 2.05) is 12.1 Å². The summed E-state index contributed by atoms with van der Waals surface area (Å²) >= 11 is 0. The van der Waals surface area contributed by atoms with E-state index in [0.29, 0.717) is 25.2 Å². The number of amides is 2. The predicted octanol–water partition coefficient (Wildman–Crippen LogP) is 2.71. The van der Waals surface area contributed by atoms with Gasteiger partial charge < -0.3 is 10.2 Å². The summed E-state index contributed by atoms with van der Waals surface area (Å²) in [6, 6.07) is 10.1. The highest BCUT2D eigenvalue weighted by Gasteiger charge is 2.54. The Balaban J connectivity index is 1.41. The number of aromatic nitrogens is 1. The van der Waals surface area contributed by atoms with Crippen LogP contribution in [0.15, 0.2) is 48.8 Å². The fourth-order valence-electron chi connectivity index (χ4n) is 4.39. The molecule has 4 rings (SSSR count). The lowest BCUT2D eigenvalue weighted by molar-refractivity contribution is -0.130. The molecule has 0 radical (unpaired) electrons. The summed E-state index contributed by atoms with van der Waals surface area (Å²) in [5.74, 6) is -0.675. The van der Waals surface area contributed by atoms with E-state index >= 15 is 0 Å². The van der Waals surface area contributed by atoms with Gasteiger partial charge >= 0.3 is 0 Å². The molecule has 2 aromatic rings. The summed E-state index contributed by atoms with van der Waals surface area (Å²) in [4.78, 5) is 31.4. The van der Waals surface area contributed by atoms with Crippen molar-refractivity contribution in [3.8, 4) is 0 Å². The van der Waals surface area contributed by atoms with E-state index in [1.54, 1.807) is 35.5 Å². The lowest BCUT2D eigenvalue weighted by atomic mass is 9.62. The van der Waals surface area contributed by atoms with Gasteiger partial charge in [0.1, 0.15) is 5.82 Å². The van der Waals surface area contributed by atoms with Crippen LogP contribution in [0.2, 0.25) is 0 Å². The van der Waals surface area contributed by atoms with E-state index in [-0.39, 0.29) is 35.4 Å². The van der Waals surface area contributed by atoms with E-state index < -0.39 is 0 Å². The topological polar surface area (TPSA) is 62.3 Å². The van der Waals surface area contributed by atoms with Gasteiger partial charge in [0, 0.05) is 37.4 Å². The fourth-order valence-corrected chi connectivity index (χ4v) is 4.39. The van der Waals surface area contributed by atoms with E-state index in [9.17, 15) is 14.0 Å². The molecule has 1 aliphatic carbocycles. The molecule has 1 saturated carbocycles. The molecule has 2 amide bonds. The average Bonchev–Trinajstić information content (AvgIpc) is 3.10. The monoisotopic (exact) mass is 381 g/mol. The summed E-state index contributed by atoms with van der Waals surface area (Å²) in [7, 11) is 0. The number of carbonyl (C=O) groups is 2. The van der Waals surface area contributed by atoms with Gasteiger partial charge in [-0.3, -0.25) is 14.6 Å². The van der Waals surface area contributed by atoms with Crippen LogP contribution < -0.4 is 5.32 Å². The quantitative estimate of drug-likeness (QED) is 0.866. The first kappa shape index (κ1) is 18.6. The molecule has 2 fully saturated rings.